The Balaban J connectivity index is 2.17. The molecule has 0 aliphatic heterocycles. The number of nitrogens with zero attached hydrogens (tertiary/aromatic N) is 2. The lowest BCUT2D eigenvalue weighted by Gasteiger charge is -2.30. The van der Waals surface area contributed by atoms with Crippen LogP contribution in [0.25, 0.3) is 0 Å². The molecule has 0 fully saturated rings. The van der Waals surface area contributed by atoms with Crippen LogP contribution in [0.1, 0.15) is 41.6 Å². The van der Waals surface area contributed by atoms with Gasteiger partial charge in [-0.15, -0.1) is 0 Å². The van der Waals surface area contributed by atoms with Gasteiger partial charge in [0.15, 0.2) is 0 Å². The molecule has 1 amide bonds. The molecule has 0 unspecified atom stereocenters. The van der Waals surface area contributed by atoms with Gasteiger partial charge in [0.2, 0.25) is 0 Å². The lowest BCUT2D eigenvalue weighted by atomic mass is 10.0. The van der Waals surface area contributed by atoms with Crippen LogP contribution in [0.3, 0.4) is 0 Å². The molecule has 1 atom stereocenters. The zero-order valence-electron chi connectivity index (χ0n) is 15.5. The van der Waals surface area contributed by atoms with Crippen molar-refractivity contribution in [3.63, 3.8) is 0 Å². The Labute approximate surface area is 150 Å². The van der Waals surface area contributed by atoms with E-state index < -0.39 is 0 Å². The second kappa shape index (κ2) is 9.18. The Morgan fingerprint density at radius 3 is 2.56 bits per heavy atom. The van der Waals surface area contributed by atoms with Gasteiger partial charge in [0, 0.05) is 12.2 Å². The van der Waals surface area contributed by atoms with E-state index in [0.29, 0.717) is 12.2 Å². The number of aromatic nitrogens is 1. The van der Waals surface area contributed by atoms with Crippen molar-refractivity contribution in [3.05, 3.63) is 59.4 Å². The van der Waals surface area contributed by atoms with E-state index in [9.17, 15) is 4.79 Å². The van der Waals surface area contributed by atoms with Gasteiger partial charge in [-0.05, 0) is 49.8 Å². The highest BCUT2D eigenvalue weighted by atomic mass is 16.5. The van der Waals surface area contributed by atoms with Crippen LogP contribution in [0, 0.1) is 6.92 Å². The average Bonchev–Trinajstić information content (AvgIpc) is 2.65. The van der Waals surface area contributed by atoms with Crippen LogP contribution < -0.4 is 10.1 Å². The molecular formula is C20H27N3O2. The van der Waals surface area contributed by atoms with E-state index in [-0.39, 0.29) is 11.9 Å². The number of carbonyl (C=O) groups is 1. The van der Waals surface area contributed by atoms with E-state index in [1.165, 1.54) is 0 Å². The minimum absolute atomic E-state index is 0.0823. The Kier molecular flexibility index (Phi) is 6.95. The summed E-state index contributed by atoms with van der Waals surface area (Å²) in [6.07, 6.45) is 0. The molecular weight excluding hydrogens is 314 g/mol. The van der Waals surface area contributed by atoms with Crippen LogP contribution in [0.5, 0.6) is 5.75 Å². The number of likely N-dealkylation sites (N-methyl/N-ethyl adjacent to an activating group) is 1. The molecule has 0 saturated heterocycles. The summed E-state index contributed by atoms with van der Waals surface area (Å²) >= 11 is 0. The standard InChI is InChI=1S/C20H27N3O2/c1-5-23(6-2)19(16-10-8-11-17(13-16)25-4)14-21-20(24)18-12-7-9-15(3)22-18/h7-13,19H,5-6,14H2,1-4H3,(H,21,24)/t19-/m1/s1. The Morgan fingerprint density at radius 1 is 1.20 bits per heavy atom. The van der Waals surface area contributed by atoms with E-state index in [4.69, 9.17) is 4.74 Å². The number of aryl methyl sites for hydroxylation is 1. The summed E-state index contributed by atoms with van der Waals surface area (Å²) in [7, 11) is 1.66. The van der Waals surface area contributed by atoms with Gasteiger partial charge in [-0.1, -0.05) is 32.0 Å². The molecule has 0 aliphatic carbocycles. The molecule has 1 aromatic carbocycles. The van der Waals surface area contributed by atoms with E-state index in [1.54, 1.807) is 13.2 Å². The predicted molar refractivity (Wildman–Crippen MR) is 100.0 cm³/mol. The van der Waals surface area contributed by atoms with Gasteiger partial charge < -0.3 is 10.1 Å². The zero-order valence-corrected chi connectivity index (χ0v) is 15.5. The molecule has 5 heteroatoms. The first-order valence-electron chi connectivity index (χ1n) is 8.68. The number of hydrogen-bond donors (Lipinski definition) is 1. The van der Waals surface area contributed by atoms with Gasteiger partial charge in [-0.2, -0.15) is 0 Å². The highest BCUT2D eigenvalue weighted by Gasteiger charge is 2.20. The molecule has 0 saturated carbocycles. The van der Waals surface area contributed by atoms with Gasteiger partial charge in [-0.25, -0.2) is 4.98 Å². The molecule has 0 bridgehead atoms. The first-order valence-corrected chi connectivity index (χ1v) is 8.68. The molecule has 5 nitrogen and oxygen atoms in total. The fraction of sp³-hybridized carbons (Fsp3) is 0.400. The largest absolute Gasteiger partial charge is 0.497 e. The molecule has 2 rings (SSSR count). The van der Waals surface area contributed by atoms with E-state index >= 15 is 0 Å². The van der Waals surface area contributed by atoms with Crippen LogP contribution in [-0.2, 0) is 0 Å². The van der Waals surface area contributed by atoms with Crippen LogP contribution >= 0.6 is 0 Å². The number of hydrogen-bond acceptors (Lipinski definition) is 4. The highest BCUT2D eigenvalue weighted by molar-refractivity contribution is 5.92. The third-order valence-corrected chi connectivity index (χ3v) is 4.31. The quantitative estimate of drug-likeness (QED) is 0.801. The maximum absolute atomic E-state index is 12.4. The van der Waals surface area contributed by atoms with E-state index in [2.05, 4.69) is 35.1 Å². The van der Waals surface area contributed by atoms with Crippen LogP contribution in [0.15, 0.2) is 42.5 Å². The average molecular weight is 341 g/mol. The molecule has 0 radical (unpaired) electrons. The monoisotopic (exact) mass is 341 g/mol. The van der Waals surface area contributed by atoms with Crippen LogP contribution in [0.4, 0.5) is 0 Å². The minimum Gasteiger partial charge on any atom is -0.497 e. The summed E-state index contributed by atoms with van der Waals surface area (Å²) in [5, 5.41) is 3.03. The number of methoxy groups -OCH3 is 1. The summed E-state index contributed by atoms with van der Waals surface area (Å²) in [5.74, 6) is 0.671. The van der Waals surface area contributed by atoms with Crippen molar-refractivity contribution in [3.8, 4) is 5.75 Å². The van der Waals surface area contributed by atoms with Crippen LogP contribution in [-0.4, -0.2) is 42.5 Å². The first kappa shape index (κ1) is 18.9. The van der Waals surface area contributed by atoms with Gasteiger partial charge in [-0.3, -0.25) is 9.69 Å². The van der Waals surface area contributed by atoms with E-state index in [1.807, 2.05) is 37.3 Å². The summed E-state index contributed by atoms with van der Waals surface area (Å²) in [6, 6.07) is 13.6. The number of pyridine rings is 1. The van der Waals surface area contributed by atoms with Crippen molar-refractivity contribution in [1.82, 2.24) is 15.2 Å². The number of amides is 1. The lowest BCUT2D eigenvalue weighted by Crippen LogP contribution is -2.38. The van der Waals surface area contributed by atoms with Crippen molar-refractivity contribution in [2.75, 3.05) is 26.7 Å². The summed E-state index contributed by atoms with van der Waals surface area (Å²) < 4.78 is 5.34. The second-order valence-electron chi connectivity index (χ2n) is 5.89. The van der Waals surface area contributed by atoms with Gasteiger partial charge in [0.05, 0.1) is 13.2 Å². The number of rotatable bonds is 8. The molecule has 2 aromatic rings. The predicted octanol–water partition coefficient (Wildman–Crippen LogP) is 3.21. The van der Waals surface area contributed by atoms with Crippen LogP contribution in [0.2, 0.25) is 0 Å². The molecule has 134 valence electrons. The SMILES string of the molecule is CCN(CC)[C@H](CNC(=O)c1cccc(C)n1)c1cccc(OC)c1. The maximum Gasteiger partial charge on any atom is 0.269 e. The molecule has 1 aromatic heterocycles. The fourth-order valence-corrected chi connectivity index (χ4v) is 2.92. The third-order valence-electron chi connectivity index (χ3n) is 4.31. The molecule has 25 heavy (non-hydrogen) atoms. The van der Waals surface area contributed by atoms with Crippen molar-refractivity contribution < 1.29 is 9.53 Å². The number of carbonyl (C=O) groups excluding carboxylic acids is 1. The zero-order chi connectivity index (χ0) is 18.2. The van der Waals surface area contributed by atoms with Crippen molar-refractivity contribution >= 4 is 5.91 Å². The number of nitrogens with one attached hydrogen (secondary N) is 1. The second-order valence-corrected chi connectivity index (χ2v) is 5.89. The highest BCUT2D eigenvalue weighted by Crippen LogP contribution is 2.23. The Hall–Kier alpha value is -2.40. The van der Waals surface area contributed by atoms with Crippen molar-refractivity contribution in [2.45, 2.75) is 26.8 Å². The smallest absolute Gasteiger partial charge is 0.269 e. The molecule has 0 aliphatic rings. The summed E-state index contributed by atoms with van der Waals surface area (Å²) in [4.78, 5) is 19.0. The number of benzene rings is 1. The molecule has 0 spiro atoms. The van der Waals surface area contributed by atoms with E-state index in [0.717, 1.165) is 30.1 Å². The van der Waals surface area contributed by atoms with Crippen molar-refractivity contribution in [1.29, 1.82) is 0 Å². The fourth-order valence-electron chi connectivity index (χ4n) is 2.92. The Morgan fingerprint density at radius 2 is 1.92 bits per heavy atom. The normalized spacial score (nSPS) is 12.0. The van der Waals surface area contributed by atoms with Crippen molar-refractivity contribution in [2.24, 2.45) is 0 Å². The lowest BCUT2D eigenvalue weighted by molar-refractivity contribution is 0.0929. The topological polar surface area (TPSA) is 54.5 Å². The summed E-state index contributed by atoms with van der Waals surface area (Å²) in [6.45, 7) is 8.45. The third kappa shape index (κ3) is 5.03. The van der Waals surface area contributed by atoms with Gasteiger partial charge >= 0.3 is 0 Å². The van der Waals surface area contributed by atoms with Gasteiger partial charge in [0.25, 0.3) is 5.91 Å². The molecule has 1 N–H and O–H groups in total. The Bertz CT molecular complexity index is 699. The molecule has 1 heterocycles. The number of ether oxygens (including phenoxy) is 1. The maximum atomic E-state index is 12.4. The first-order chi connectivity index (χ1) is 12.1. The van der Waals surface area contributed by atoms with Gasteiger partial charge in [0.1, 0.15) is 11.4 Å². The minimum atomic E-state index is -0.149. The summed E-state index contributed by atoms with van der Waals surface area (Å²) in [5.41, 5.74) is 2.41.